The average molecular weight is 286 g/mol. The number of rotatable bonds is 4. The maximum absolute atomic E-state index is 12.0. The summed E-state index contributed by atoms with van der Waals surface area (Å²) >= 11 is 0. The van der Waals surface area contributed by atoms with Crippen molar-refractivity contribution < 1.29 is 4.79 Å². The smallest absolute Gasteiger partial charge is 0.224 e. The Balaban J connectivity index is 1.68. The first-order chi connectivity index (χ1) is 10.2. The molecule has 7 nitrogen and oxygen atoms in total. The number of carbonyl (C=O) groups excluding carboxylic acids is 1. The van der Waals surface area contributed by atoms with Crippen LogP contribution < -0.4 is 10.6 Å². The Kier molecular flexibility index (Phi) is 3.92. The van der Waals surface area contributed by atoms with Crippen molar-refractivity contribution in [3.8, 4) is 5.69 Å². The van der Waals surface area contributed by atoms with E-state index in [1.54, 1.807) is 4.68 Å². The van der Waals surface area contributed by atoms with Gasteiger partial charge in [0.05, 0.1) is 5.69 Å². The van der Waals surface area contributed by atoms with E-state index >= 15 is 0 Å². The van der Waals surface area contributed by atoms with E-state index in [9.17, 15) is 4.79 Å². The van der Waals surface area contributed by atoms with Crippen molar-refractivity contribution in [2.24, 2.45) is 5.92 Å². The van der Waals surface area contributed by atoms with Crippen molar-refractivity contribution in [3.05, 3.63) is 30.1 Å². The zero-order valence-corrected chi connectivity index (χ0v) is 11.9. The molecule has 0 aliphatic carbocycles. The van der Waals surface area contributed by atoms with E-state index in [2.05, 4.69) is 26.2 Å². The number of carbonyl (C=O) groups is 1. The van der Waals surface area contributed by atoms with Gasteiger partial charge in [0, 0.05) is 12.1 Å². The molecule has 21 heavy (non-hydrogen) atoms. The lowest BCUT2D eigenvalue weighted by Gasteiger charge is -2.10. The summed E-state index contributed by atoms with van der Waals surface area (Å²) in [5, 5.41) is 17.6. The van der Waals surface area contributed by atoms with Crippen LogP contribution in [0, 0.1) is 12.8 Å². The van der Waals surface area contributed by atoms with Gasteiger partial charge in [-0.2, -0.15) is 4.68 Å². The molecule has 2 heterocycles. The third-order valence-corrected chi connectivity index (χ3v) is 3.64. The monoisotopic (exact) mass is 286 g/mol. The van der Waals surface area contributed by atoms with Crippen molar-refractivity contribution in [2.45, 2.75) is 19.8 Å². The molecule has 0 saturated carbocycles. The zero-order valence-electron chi connectivity index (χ0n) is 11.9. The number of benzene rings is 1. The summed E-state index contributed by atoms with van der Waals surface area (Å²) in [6, 6.07) is 7.52. The van der Waals surface area contributed by atoms with Gasteiger partial charge in [0.1, 0.15) is 0 Å². The van der Waals surface area contributed by atoms with Gasteiger partial charge < -0.3 is 10.6 Å². The van der Waals surface area contributed by atoms with Crippen LogP contribution in [0.15, 0.2) is 24.3 Å². The molecule has 1 aliphatic rings. The van der Waals surface area contributed by atoms with Crippen LogP contribution in [0.25, 0.3) is 5.69 Å². The van der Waals surface area contributed by atoms with Gasteiger partial charge >= 0.3 is 0 Å². The number of hydrogen-bond donors (Lipinski definition) is 2. The second-order valence-electron chi connectivity index (χ2n) is 5.30. The summed E-state index contributed by atoms with van der Waals surface area (Å²) in [7, 11) is 0. The predicted octanol–water partition coefficient (Wildman–Crippen LogP) is 0.909. The molecule has 110 valence electrons. The summed E-state index contributed by atoms with van der Waals surface area (Å²) in [6.45, 7) is 3.77. The molecule has 0 bridgehead atoms. The molecule has 2 aromatic rings. The predicted molar refractivity (Wildman–Crippen MR) is 78.1 cm³/mol. The second-order valence-corrected chi connectivity index (χ2v) is 5.30. The lowest BCUT2D eigenvalue weighted by molar-refractivity contribution is -0.116. The summed E-state index contributed by atoms with van der Waals surface area (Å²) in [5.41, 5.74) is 1.59. The first-order valence-electron chi connectivity index (χ1n) is 7.08. The molecule has 1 unspecified atom stereocenters. The van der Waals surface area contributed by atoms with E-state index in [1.807, 2.05) is 31.2 Å². The molecule has 2 N–H and O–H groups in total. The van der Waals surface area contributed by atoms with E-state index in [1.165, 1.54) is 0 Å². The van der Waals surface area contributed by atoms with Crippen molar-refractivity contribution >= 4 is 11.6 Å². The van der Waals surface area contributed by atoms with E-state index < -0.39 is 0 Å². The summed E-state index contributed by atoms with van der Waals surface area (Å²) in [6.07, 6.45) is 1.62. The Morgan fingerprint density at radius 1 is 1.52 bits per heavy atom. The van der Waals surface area contributed by atoms with Gasteiger partial charge in [0.25, 0.3) is 0 Å². The third kappa shape index (κ3) is 3.25. The van der Waals surface area contributed by atoms with Crippen molar-refractivity contribution in [2.75, 3.05) is 18.4 Å². The van der Waals surface area contributed by atoms with E-state index in [-0.39, 0.29) is 5.91 Å². The number of aromatic nitrogens is 4. The number of nitrogens with one attached hydrogen (secondary N) is 2. The molecule has 7 heteroatoms. The molecule has 0 radical (unpaired) electrons. The van der Waals surface area contributed by atoms with Gasteiger partial charge in [0.2, 0.25) is 5.91 Å². The van der Waals surface area contributed by atoms with Gasteiger partial charge in [-0.1, -0.05) is 6.07 Å². The van der Waals surface area contributed by atoms with Crippen molar-refractivity contribution in [3.63, 3.8) is 0 Å². The fourth-order valence-electron chi connectivity index (χ4n) is 2.55. The number of tetrazole rings is 1. The number of hydrogen-bond acceptors (Lipinski definition) is 5. The Morgan fingerprint density at radius 2 is 2.43 bits per heavy atom. The Labute approximate surface area is 122 Å². The first kappa shape index (κ1) is 13.7. The summed E-state index contributed by atoms with van der Waals surface area (Å²) < 4.78 is 1.64. The topological polar surface area (TPSA) is 84.7 Å². The van der Waals surface area contributed by atoms with Gasteiger partial charge in [-0.05, 0) is 61.0 Å². The van der Waals surface area contributed by atoms with Crippen LogP contribution in [0.4, 0.5) is 5.69 Å². The minimum Gasteiger partial charge on any atom is -0.326 e. The van der Waals surface area contributed by atoms with Gasteiger partial charge in [-0.15, -0.1) is 5.10 Å². The minimum atomic E-state index is 0.0503. The highest BCUT2D eigenvalue weighted by Gasteiger charge is 2.18. The molecule has 0 spiro atoms. The highest BCUT2D eigenvalue weighted by Crippen LogP contribution is 2.17. The highest BCUT2D eigenvalue weighted by atomic mass is 16.1. The molecule has 1 aromatic heterocycles. The molecule has 1 amide bonds. The molecule has 3 rings (SSSR count). The van der Waals surface area contributed by atoms with Crippen molar-refractivity contribution in [1.29, 1.82) is 0 Å². The lowest BCUT2D eigenvalue weighted by atomic mass is 10.0. The van der Waals surface area contributed by atoms with Crippen LogP contribution in [-0.2, 0) is 4.79 Å². The first-order valence-corrected chi connectivity index (χ1v) is 7.08. The maximum atomic E-state index is 12.0. The minimum absolute atomic E-state index is 0.0503. The van der Waals surface area contributed by atoms with E-state index in [0.717, 1.165) is 30.9 Å². The summed E-state index contributed by atoms with van der Waals surface area (Å²) in [5.74, 6) is 1.19. The zero-order chi connectivity index (χ0) is 14.7. The van der Waals surface area contributed by atoms with Gasteiger partial charge in [-0.25, -0.2) is 0 Å². The molecular formula is C14H18N6O. The van der Waals surface area contributed by atoms with Crippen LogP contribution in [0.2, 0.25) is 0 Å². The standard InChI is InChI=1S/C14H18N6O/c1-10-17-18-19-20(10)13-4-2-3-12(8-13)16-14(21)7-11-5-6-15-9-11/h2-4,8,11,15H,5-7,9H2,1H3,(H,16,21). The largest absolute Gasteiger partial charge is 0.326 e. The van der Waals surface area contributed by atoms with Crippen LogP contribution in [0.1, 0.15) is 18.7 Å². The molecule has 1 fully saturated rings. The maximum Gasteiger partial charge on any atom is 0.224 e. The van der Waals surface area contributed by atoms with Gasteiger partial charge in [-0.3, -0.25) is 4.79 Å². The molecular weight excluding hydrogens is 268 g/mol. The number of nitrogens with zero attached hydrogens (tertiary/aromatic N) is 4. The quantitative estimate of drug-likeness (QED) is 0.872. The van der Waals surface area contributed by atoms with Crippen LogP contribution >= 0.6 is 0 Å². The Morgan fingerprint density at radius 3 is 3.14 bits per heavy atom. The van der Waals surface area contributed by atoms with E-state index in [4.69, 9.17) is 0 Å². The molecule has 1 atom stereocenters. The normalized spacial score (nSPS) is 17.9. The average Bonchev–Trinajstić information content (AvgIpc) is 3.10. The second kappa shape index (κ2) is 6.01. The Hall–Kier alpha value is -2.28. The molecule has 1 aliphatic heterocycles. The lowest BCUT2D eigenvalue weighted by Crippen LogP contribution is -2.18. The SMILES string of the molecule is Cc1nnnn1-c1cccc(NC(=O)CC2CCNC2)c1. The Bertz CT molecular complexity index is 632. The molecule has 1 saturated heterocycles. The number of anilines is 1. The fourth-order valence-corrected chi connectivity index (χ4v) is 2.55. The summed E-state index contributed by atoms with van der Waals surface area (Å²) in [4.78, 5) is 12.0. The molecule has 1 aromatic carbocycles. The van der Waals surface area contributed by atoms with Crippen LogP contribution in [0.5, 0.6) is 0 Å². The van der Waals surface area contributed by atoms with Crippen molar-refractivity contribution in [1.82, 2.24) is 25.5 Å². The van der Waals surface area contributed by atoms with Gasteiger partial charge in [0.15, 0.2) is 5.82 Å². The van der Waals surface area contributed by atoms with Crippen LogP contribution in [0.3, 0.4) is 0 Å². The fraction of sp³-hybridized carbons (Fsp3) is 0.429. The number of amides is 1. The van der Waals surface area contributed by atoms with Crippen LogP contribution in [-0.4, -0.2) is 39.2 Å². The third-order valence-electron chi connectivity index (χ3n) is 3.64. The highest BCUT2D eigenvalue weighted by molar-refractivity contribution is 5.91. The number of aryl methyl sites for hydroxylation is 1. The van der Waals surface area contributed by atoms with E-state index in [0.29, 0.717) is 18.2 Å².